The van der Waals surface area contributed by atoms with Crippen LogP contribution in [0.3, 0.4) is 0 Å². The topological polar surface area (TPSA) is 46.6 Å². The van der Waals surface area contributed by atoms with E-state index in [9.17, 15) is 8.42 Å². The van der Waals surface area contributed by atoms with Gasteiger partial charge in [-0.3, -0.25) is 0 Å². The lowest BCUT2D eigenvalue weighted by Crippen LogP contribution is -2.29. The van der Waals surface area contributed by atoms with Gasteiger partial charge in [-0.25, -0.2) is 12.7 Å². The van der Waals surface area contributed by atoms with Gasteiger partial charge < -0.3 is 4.74 Å². The molecule has 0 saturated carbocycles. The van der Waals surface area contributed by atoms with Gasteiger partial charge in [-0.15, -0.1) is 0 Å². The molecule has 0 unspecified atom stereocenters. The molecule has 0 heterocycles. The van der Waals surface area contributed by atoms with Crippen LogP contribution in [0.15, 0.2) is 47.4 Å². The van der Waals surface area contributed by atoms with Crippen molar-refractivity contribution in [1.82, 2.24) is 4.31 Å². The summed E-state index contributed by atoms with van der Waals surface area (Å²) >= 11 is 5.90. The maximum absolute atomic E-state index is 12.7. The number of hydrogen-bond donors (Lipinski definition) is 0. The SMILES string of the molecule is COc1ccccc1CCN(C)S(=O)(=O)c1ccc(Cl)cc1C. The summed E-state index contributed by atoms with van der Waals surface area (Å²) < 4.78 is 32.0. The van der Waals surface area contributed by atoms with E-state index in [1.54, 1.807) is 39.3 Å². The van der Waals surface area contributed by atoms with E-state index in [2.05, 4.69) is 0 Å². The lowest BCUT2D eigenvalue weighted by Gasteiger charge is -2.19. The molecule has 124 valence electrons. The first kappa shape index (κ1) is 17.8. The Labute approximate surface area is 142 Å². The van der Waals surface area contributed by atoms with Crippen LogP contribution in [0.4, 0.5) is 0 Å². The van der Waals surface area contributed by atoms with Crippen LogP contribution >= 0.6 is 11.6 Å². The molecule has 0 saturated heterocycles. The second-order valence-corrected chi connectivity index (χ2v) is 7.75. The largest absolute Gasteiger partial charge is 0.496 e. The zero-order valence-corrected chi connectivity index (χ0v) is 15.0. The van der Waals surface area contributed by atoms with E-state index in [4.69, 9.17) is 16.3 Å². The Kier molecular flexibility index (Phi) is 5.68. The van der Waals surface area contributed by atoms with Crippen LogP contribution in [0.1, 0.15) is 11.1 Å². The van der Waals surface area contributed by atoms with Crippen LogP contribution in [-0.2, 0) is 16.4 Å². The van der Waals surface area contributed by atoms with Crippen molar-refractivity contribution in [3.05, 3.63) is 58.6 Å². The van der Waals surface area contributed by atoms with Crippen LogP contribution in [0.25, 0.3) is 0 Å². The van der Waals surface area contributed by atoms with E-state index in [0.29, 0.717) is 23.6 Å². The van der Waals surface area contributed by atoms with Crippen LogP contribution in [0.2, 0.25) is 5.02 Å². The molecule has 0 aromatic heterocycles. The second-order valence-electron chi connectivity index (χ2n) is 5.30. The number of sulfonamides is 1. The number of aryl methyl sites for hydroxylation is 1. The van der Waals surface area contributed by atoms with Gasteiger partial charge in [0.15, 0.2) is 0 Å². The Hall–Kier alpha value is -1.56. The highest BCUT2D eigenvalue weighted by atomic mass is 35.5. The van der Waals surface area contributed by atoms with Crippen molar-refractivity contribution < 1.29 is 13.2 Å². The van der Waals surface area contributed by atoms with Crippen molar-refractivity contribution in [2.75, 3.05) is 20.7 Å². The van der Waals surface area contributed by atoms with E-state index in [1.807, 2.05) is 24.3 Å². The van der Waals surface area contributed by atoms with E-state index < -0.39 is 10.0 Å². The van der Waals surface area contributed by atoms with Crippen molar-refractivity contribution in [1.29, 1.82) is 0 Å². The molecular formula is C17H20ClNO3S. The number of likely N-dealkylation sites (N-methyl/N-ethyl adjacent to an activating group) is 1. The quantitative estimate of drug-likeness (QED) is 0.798. The summed E-state index contributed by atoms with van der Waals surface area (Å²) in [6, 6.07) is 12.4. The average Bonchev–Trinajstić information content (AvgIpc) is 2.52. The molecule has 0 aliphatic rings. The second kappa shape index (κ2) is 7.34. The zero-order valence-electron chi connectivity index (χ0n) is 13.4. The highest BCUT2D eigenvalue weighted by molar-refractivity contribution is 7.89. The fraction of sp³-hybridized carbons (Fsp3) is 0.294. The number of ether oxygens (including phenoxy) is 1. The van der Waals surface area contributed by atoms with E-state index in [-0.39, 0.29) is 4.90 Å². The number of methoxy groups -OCH3 is 1. The van der Waals surface area contributed by atoms with Gasteiger partial charge in [0.1, 0.15) is 5.75 Å². The molecule has 0 atom stereocenters. The minimum absolute atomic E-state index is 0.282. The minimum Gasteiger partial charge on any atom is -0.496 e. The molecule has 0 aliphatic carbocycles. The monoisotopic (exact) mass is 353 g/mol. The maximum Gasteiger partial charge on any atom is 0.243 e. The van der Waals surface area contributed by atoms with Gasteiger partial charge >= 0.3 is 0 Å². The summed E-state index contributed by atoms with van der Waals surface area (Å²) in [6.07, 6.45) is 0.576. The van der Waals surface area contributed by atoms with Crippen molar-refractivity contribution in [2.45, 2.75) is 18.2 Å². The number of rotatable bonds is 6. The summed E-state index contributed by atoms with van der Waals surface area (Å²) in [5.41, 5.74) is 1.62. The van der Waals surface area contributed by atoms with Crippen molar-refractivity contribution in [3.63, 3.8) is 0 Å². The predicted octanol–water partition coefficient (Wildman–Crippen LogP) is 3.52. The Morgan fingerprint density at radius 2 is 1.87 bits per heavy atom. The smallest absolute Gasteiger partial charge is 0.243 e. The molecule has 2 rings (SSSR count). The third-order valence-corrected chi connectivity index (χ3v) is 5.97. The van der Waals surface area contributed by atoms with Gasteiger partial charge in [-0.1, -0.05) is 29.8 Å². The fourth-order valence-corrected chi connectivity index (χ4v) is 3.98. The Morgan fingerprint density at radius 1 is 1.17 bits per heavy atom. The molecule has 4 nitrogen and oxygen atoms in total. The molecular weight excluding hydrogens is 334 g/mol. The molecule has 0 bridgehead atoms. The van der Waals surface area contributed by atoms with Gasteiger partial charge in [0.2, 0.25) is 10.0 Å². The Morgan fingerprint density at radius 3 is 2.52 bits per heavy atom. The lowest BCUT2D eigenvalue weighted by atomic mass is 10.1. The molecule has 0 spiro atoms. The van der Waals surface area contributed by atoms with E-state index in [0.717, 1.165) is 11.3 Å². The van der Waals surface area contributed by atoms with Crippen molar-refractivity contribution in [2.24, 2.45) is 0 Å². The zero-order chi connectivity index (χ0) is 17.0. The average molecular weight is 354 g/mol. The Balaban J connectivity index is 2.17. The summed E-state index contributed by atoms with van der Waals surface area (Å²) in [7, 11) is -0.353. The van der Waals surface area contributed by atoms with E-state index in [1.165, 1.54) is 4.31 Å². The molecule has 23 heavy (non-hydrogen) atoms. The van der Waals surface area contributed by atoms with E-state index >= 15 is 0 Å². The molecule has 0 aliphatic heterocycles. The normalized spacial score (nSPS) is 11.7. The fourth-order valence-electron chi connectivity index (χ4n) is 2.38. The predicted molar refractivity (Wildman–Crippen MR) is 92.7 cm³/mol. The number of halogens is 1. The molecule has 2 aromatic rings. The van der Waals surface area contributed by atoms with Gasteiger partial charge in [-0.05, 0) is 48.7 Å². The standard InChI is InChI=1S/C17H20ClNO3S/c1-13-12-15(18)8-9-17(13)23(20,21)19(2)11-10-14-6-4-5-7-16(14)22-3/h4-9,12H,10-11H2,1-3H3. The molecule has 6 heteroatoms. The first-order valence-corrected chi connectivity index (χ1v) is 9.02. The number of para-hydroxylation sites is 1. The summed E-state index contributed by atoms with van der Waals surface area (Å²) in [5.74, 6) is 0.765. The highest BCUT2D eigenvalue weighted by Crippen LogP contribution is 2.23. The summed E-state index contributed by atoms with van der Waals surface area (Å²) in [4.78, 5) is 0.282. The summed E-state index contributed by atoms with van der Waals surface area (Å²) in [6.45, 7) is 2.11. The number of benzene rings is 2. The summed E-state index contributed by atoms with van der Waals surface area (Å²) in [5, 5.41) is 0.526. The first-order chi connectivity index (χ1) is 10.9. The number of hydrogen-bond acceptors (Lipinski definition) is 3. The third kappa shape index (κ3) is 4.05. The molecule has 0 N–H and O–H groups in total. The minimum atomic E-state index is -3.54. The highest BCUT2D eigenvalue weighted by Gasteiger charge is 2.22. The van der Waals surface area contributed by atoms with Gasteiger partial charge in [0, 0.05) is 18.6 Å². The Bertz CT molecular complexity index is 790. The van der Waals surface area contributed by atoms with Gasteiger partial charge in [0.25, 0.3) is 0 Å². The van der Waals surface area contributed by atoms with Crippen LogP contribution in [-0.4, -0.2) is 33.4 Å². The molecule has 0 radical (unpaired) electrons. The van der Waals surface area contributed by atoms with Crippen molar-refractivity contribution >= 4 is 21.6 Å². The van der Waals surface area contributed by atoms with Crippen molar-refractivity contribution in [3.8, 4) is 5.75 Å². The third-order valence-electron chi connectivity index (χ3n) is 3.71. The van der Waals surface area contributed by atoms with Crippen LogP contribution in [0, 0.1) is 6.92 Å². The van der Waals surface area contributed by atoms with Gasteiger partial charge in [-0.2, -0.15) is 0 Å². The lowest BCUT2D eigenvalue weighted by molar-refractivity contribution is 0.406. The molecule has 0 amide bonds. The van der Waals surface area contributed by atoms with Crippen LogP contribution < -0.4 is 4.74 Å². The molecule has 2 aromatic carbocycles. The van der Waals surface area contributed by atoms with Crippen LogP contribution in [0.5, 0.6) is 5.75 Å². The maximum atomic E-state index is 12.7. The molecule has 0 fully saturated rings. The first-order valence-electron chi connectivity index (χ1n) is 7.20. The van der Waals surface area contributed by atoms with Gasteiger partial charge in [0.05, 0.1) is 12.0 Å². The number of nitrogens with zero attached hydrogens (tertiary/aromatic N) is 1.